The predicted octanol–water partition coefficient (Wildman–Crippen LogP) is 7.46. The van der Waals surface area contributed by atoms with E-state index in [1.165, 1.54) is 44.9 Å². The largest absolute Gasteiger partial charge is 0.458 e. The number of furan rings is 1. The molecule has 2 N–H and O–H groups in total. The molecule has 1 saturated heterocycles. The molecule has 0 saturated carbocycles. The molecule has 1 fully saturated rings. The van der Waals surface area contributed by atoms with Gasteiger partial charge in [0.25, 0.3) is 0 Å². The third-order valence-electron chi connectivity index (χ3n) is 8.25. The van der Waals surface area contributed by atoms with Crippen molar-refractivity contribution in [2.75, 3.05) is 45.6 Å². The molecule has 1 aromatic heterocycles. The Morgan fingerprint density at radius 1 is 0.881 bits per heavy atom. The molecule has 7 nitrogen and oxygen atoms in total. The van der Waals surface area contributed by atoms with Crippen LogP contribution in [0.5, 0.6) is 0 Å². The number of nitrogens with zero attached hydrogens (tertiary/aromatic N) is 2. The predicted molar refractivity (Wildman–Crippen MR) is 169 cm³/mol. The molecule has 1 aliphatic rings. The maximum atomic E-state index is 12.7. The van der Waals surface area contributed by atoms with Gasteiger partial charge >= 0.3 is 6.09 Å². The number of carbonyl (C=O) groups is 1. The molecule has 2 heterocycles. The summed E-state index contributed by atoms with van der Waals surface area (Å²) in [5.41, 5.74) is 2.84. The maximum absolute atomic E-state index is 12.7. The standard InChI is InChI=1S/C35H49N3O4/c1-38(2,27-31-19-20-32(28-39)41-31)26-14-7-5-3-4-6-13-23-37-24-21-30(22-25-37)42-35(40)36-34-18-12-11-17-33(34)29-15-9-8-10-16-29/h8-12,15-20,30,39H,3-7,13-14,21-28H2,1-2H3/p+1. The number of aliphatic hydroxyl groups excluding tert-OH is 1. The first-order chi connectivity index (χ1) is 20.4. The summed E-state index contributed by atoms with van der Waals surface area (Å²) >= 11 is 0. The number of unbranched alkanes of at least 4 members (excludes halogenated alkanes) is 6. The molecular formula is C35H50N3O4+. The molecule has 4 rings (SSSR count). The van der Waals surface area contributed by atoms with Gasteiger partial charge in [0.05, 0.1) is 26.3 Å². The van der Waals surface area contributed by atoms with E-state index < -0.39 is 0 Å². The van der Waals surface area contributed by atoms with E-state index in [1.54, 1.807) is 0 Å². The zero-order valence-corrected chi connectivity index (χ0v) is 25.6. The number of piperidine rings is 1. The highest BCUT2D eigenvalue weighted by molar-refractivity contribution is 5.91. The van der Waals surface area contributed by atoms with Crippen molar-refractivity contribution in [1.29, 1.82) is 0 Å². The molecule has 228 valence electrons. The van der Waals surface area contributed by atoms with Crippen LogP contribution in [0.1, 0.15) is 69.3 Å². The van der Waals surface area contributed by atoms with E-state index >= 15 is 0 Å². The minimum absolute atomic E-state index is 0.0224. The fraction of sp³-hybridized carbons (Fsp3) is 0.514. The van der Waals surface area contributed by atoms with E-state index in [9.17, 15) is 9.90 Å². The maximum Gasteiger partial charge on any atom is 0.411 e. The third-order valence-corrected chi connectivity index (χ3v) is 8.25. The quantitative estimate of drug-likeness (QED) is 0.137. The van der Waals surface area contributed by atoms with E-state index in [1.807, 2.05) is 66.7 Å². The van der Waals surface area contributed by atoms with Gasteiger partial charge in [0.1, 0.15) is 25.0 Å². The van der Waals surface area contributed by atoms with Crippen molar-refractivity contribution < 1.29 is 23.5 Å². The Bertz CT molecular complexity index is 1200. The van der Waals surface area contributed by atoms with Crippen LogP contribution >= 0.6 is 0 Å². The molecule has 0 spiro atoms. The van der Waals surface area contributed by atoms with Crippen molar-refractivity contribution in [3.63, 3.8) is 0 Å². The van der Waals surface area contributed by atoms with Crippen LogP contribution in [-0.2, 0) is 17.9 Å². The number of quaternary nitrogens is 1. The summed E-state index contributed by atoms with van der Waals surface area (Å²) in [6, 6.07) is 21.8. The summed E-state index contributed by atoms with van der Waals surface area (Å²) in [5.74, 6) is 1.59. The summed E-state index contributed by atoms with van der Waals surface area (Å²) in [6.07, 6.45) is 10.3. The Hall–Kier alpha value is -3.13. The first kappa shape index (κ1) is 31.8. The Kier molecular flexibility index (Phi) is 12.5. The summed E-state index contributed by atoms with van der Waals surface area (Å²) in [5, 5.41) is 12.1. The number of amides is 1. The van der Waals surface area contributed by atoms with Gasteiger partial charge in [0.15, 0.2) is 5.76 Å². The molecule has 2 aromatic carbocycles. The van der Waals surface area contributed by atoms with Crippen molar-refractivity contribution in [3.05, 3.63) is 78.3 Å². The van der Waals surface area contributed by atoms with Crippen LogP contribution in [0.4, 0.5) is 10.5 Å². The number of hydrogen-bond acceptors (Lipinski definition) is 5. The molecule has 0 aliphatic carbocycles. The van der Waals surface area contributed by atoms with Gasteiger partial charge in [-0.2, -0.15) is 0 Å². The number of likely N-dealkylation sites (tertiary alicyclic amines) is 1. The number of aliphatic hydroxyl groups is 1. The fourth-order valence-corrected chi connectivity index (χ4v) is 5.86. The number of hydrogen-bond donors (Lipinski definition) is 2. The van der Waals surface area contributed by atoms with Gasteiger partial charge in [-0.15, -0.1) is 0 Å². The molecule has 1 aliphatic heterocycles. The van der Waals surface area contributed by atoms with Gasteiger partial charge in [-0.3, -0.25) is 5.32 Å². The lowest BCUT2D eigenvalue weighted by molar-refractivity contribution is -0.904. The molecular weight excluding hydrogens is 526 g/mol. The van der Waals surface area contributed by atoms with Gasteiger partial charge in [0.2, 0.25) is 0 Å². The third kappa shape index (κ3) is 10.6. The number of nitrogens with one attached hydrogen (secondary N) is 1. The number of para-hydroxylation sites is 1. The molecule has 1 amide bonds. The molecule has 0 radical (unpaired) electrons. The summed E-state index contributed by atoms with van der Waals surface area (Å²) in [4.78, 5) is 15.2. The minimum atomic E-state index is -0.367. The Morgan fingerprint density at radius 2 is 1.52 bits per heavy atom. The highest BCUT2D eigenvalue weighted by atomic mass is 16.6. The van der Waals surface area contributed by atoms with Crippen molar-refractivity contribution in [2.24, 2.45) is 0 Å². The molecule has 0 unspecified atom stereocenters. The number of anilines is 1. The first-order valence-electron chi connectivity index (χ1n) is 15.8. The van der Waals surface area contributed by atoms with Crippen LogP contribution < -0.4 is 5.32 Å². The van der Waals surface area contributed by atoms with Crippen molar-refractivity contribution in [1.82, 2.24) is 4.90 Å². The minimum Gasteiger partial charge on any atom is -0.458 e. The molecule has 0 atom stereocenters. The normalized spacial score (nSPS) is 14.6. The van der Waals surface area contributed by atoms with Crippen molar-refractivity contribution in [3.8, 4) is 11.1 Å². The summed E-state index contributed by atoms with van der Waals surface area (Å²) < 4.78 is 12.4. The van der Waals surface area contributed by atoms with Gasteiger partial charge in [-0.1, -0.05) is 74.2 Å². The number of rotatable bonds is 16. The lowest BCUT2D eigenvalue weighted by Crippen LogP contribution is -2.39. The SMILES string of the molecule is C[N+](C)(CCCCCCCCCN1CCC(OC(=O)Nc2ccccc2-c2ccccc2)CC1)Cc1ccc(CO)o1. The van der Waals surface area contributed by atoms with E-state index in [0.717, 1.165) is 72.6 Å². The second-order valence-electron chi connectivity index (χ2n) is 12.3. The zero-order valence-electron chi connectivity index (χ0n) is 25.6. The Morgan fingerprint density at radius 3 is 2.24 bits per heavy atom. The molecule has 3 aromatic rings. The van der Waals surface area contributed by atoms with Crippen molar-refractivity contribution in [2.45, 2.75) is 77.0 Å². The second kappa shape index (κ2) is 16.5. The van der Waals surface area contributed by atoms with E-state index in [0.29, 0.717) is 5.76 Å². The monoisotopic (exact) mass is 576 g/mol. The van der Waals surface area contributed by atoms with E-state index in [4.69, 9.17) is 9.15 Å². The van der Waals surface area contributed by atoms with Crippen LogP contribution in [0.15, 0.2) is 71.1 Å². The molecule has 42 heavy (non-hydrogen) atoms. The smallest absolute Gasteiger partial charge is 0.411 e. The average molecular weight is 577 g/mol. The lowest BCUT2D eigenvalue weighted by Gasteiger charge is -2.31. The van der Waals surface area contributed by atoms with Gasteiger partial charge in [0, 0.05) is 18.7 Å². The summed E-state index contributed by atoms with van der Waals surface area (Å²) in [7, 11) is 4.49. The molecule has 7 heteroatoms. The van der Waals surface area contributed by atoms with Gasteiger partial charge < -0.3 is 23.6 Å². The van der Waals surface area contributed by atoms with Crippen LogP contribution in [-0.4, -0.2) is 67.0 Å². The lowest BCUT2D eigenvalue weighted by atomic mass is 10.0. The fourth-order valence-electron chi connectivity index (χ4n) is 5.86. The van der Waals surface area contributed by atoms with Crippen LogP contribution in [0, 0.1) is 0 Å². The highest BCUT2D eigenvalue weighted by Crippen LogP contribution is 2.28. The number of carbonyl (C=O) groups excluding carboxylic acids is 1. The zero-order chi connectivity index (χ0) is 29.6. The average Bonchev–Trinajstić information content (AvgIpc) is 3.44. The Labute approximate surface area is 252 Å². The number of ether oxygens (including phenoxy) is 1. The second-order valence-corrected chi connectivity index (χ2v) is 12.3. The van der Waals surface area contributed by atoms with Gasteiger partial charge in [-0.05, 0) is 62.4 Å². The van der Waals surface area contributed by atoms with E-state index in [-0.39, 0.29) is 18.8 Å². The highest BCUT2D eigenvalue weighted by Gasteiger charge is 2.22. The van der Waals surface area contributed by atoms with Gasteiger partial charge in [-0.25, -0.2) is 4.79 Å². The van der Waals surface area contributed by atoms with E-state index in [2.05, 4.69) is 24.3 Å². The van der Waals surface area contributed by atoms with Crippen molar-refractivity contribution >= 4 is 11.8 Å². The Balaban J connectivity index is 1.02. The first-order valence-corrected chi connectivity index (χ1v) is 15.8. The van der Waals surface area contributed by atoms with Crippen LogP contribution in [0.2, 0.25) is 0 Å². The molecule has 0 bridgehead atoms. The topological polar surface area (TPSA) is 74.9 Å². The summed E-state index contributed by atoms with van der Waals surface area (Å²) in [6.45, 7) is 5.09. The number of benzene rings is 2. The van der Waals surface area contributed by atoms with Crippen LogP contribution in [0.25, 0.3) is 11.1 Å². The van der Waals surface area contributed by atoms with Crippen LogP contribution in [0.3, 0.4) is 0 Å².